The fourth-order valence-corrected chi connectivity index (χ4v) is 5.96. The zero-order valence-corrected chi connectivity index (χ0v) is 17.7. The summed E-state index contributed by atoms with van der Waals surface area (Å²) < 4.78 is 34.5. The molecular weight excluding hydrogens is 404 g/mol. The van der Waals surface area contributed by atoms with Gasteiger partial charge in [0.05, 0.1) is 24.0 Å². The average Bonchev–Trinajstić information content (AvgIpc) is 3.09. The predicted molar refractivity (Wildman–Crippen MR) is 111 cm³/mol. The van der Waals surface area contributed by atoms with Crippen molar-refractivity contribution >= 4 is 17.3 Å². The molecule has 0 radical (unpaired) electrons. The molecule has 1 unspecified atom stereocenters. The Labute approximate surface area is 179 Å². The van der Waals surface area contributed by atoms with E-state index in [1.807, 2.05) is 0 Å². The Balaban J connectivity index is 1.71. The van der Waals surface area contributed by atoms with E-state index in [0.29, 0.717) is 30.9 Å². The predicted octanol–water partition coefficient (Wildman–Crippen LogP) is 2.93. The molecule has 2 saturated carbocycles. The van der Waals surface area contributed by atoms with Gasteiger partial charge in [-0.3, -0.25) is 4.79 Å². The van der Waals surface area contributed by atoms with E-state index in [-0.39, 0.29) is 29.5 Å². The Hall–Kier alpha value is -2.45. The number of benzene rings is 1. The van der Waals surface area contributed by atoms with Gasteiger partial charge in [0.1, 0.15) is 18.2 Å². The quantitative estimate of drug-likeness (QED) is 0.640. The van der Waals surface area contributed by atoms with E-state index in [2.05, 4.69) is 13.8 Å². The average molecular weight is 431 g/mol. The Morgan fingerprint density at radius 3 is 2.68 bits per heavy atom. The summed E-state index contributed by atoms with van der Waals surface area (Å²) in [4.78, 5) is 13.6. The molecule has 1 amide bonds. The topological polar surface area (TPSA) is 97.5 Å². The molecule has 3 N–H and O–H groups in total. The largest absolute Gasteiger partial charge is 0.387 e. The van der Waals surface area contributed by atoms with Crippen LogP contribution in [0, 0.1) is 39.2 Å². The number of hydrogen-bond acceptors (Lipinski definition) is 5. The molecule has 4 rings (SSSR count). The first-order valence-corrected chi connectivity index (χ1v) is 10.5. The molecule has 3 atom stereocenters. The third kappa shape index (κ3) is 3.07. The molecule has 1 aliphatic heterocycles. The SMILES string of the molecule is CC1(C)[C@H]2CCC1([C@@H]1CN(C(=O)CO)CCO1)C(=N)/C2=C\C(=N)c1c(F)cccc1F. The van der Waals surface area contributed by atoms with E-state index in [1.165, 1.54) is 12.1 Å². The second-order valence-electron chi connectivity index (χ2n) is 9.13. The lowest BCUT2D eigenvalue weighted by molar-refractivity contribution is -0.149. The molecule has 3 aliphatic rings. The lowest BCUT2D eigenvalue weighted by Crippen LogP contribution is -2.57. The van der Waals surface area contributed by atoms with Crippen LogP contribution in [-0.4, -0.2) is 59.7 Å². The van der Waals surface area contributed by atoms with E-state index in [4.69, 9.17) is 15.6 Å². The lowest BCUT2D eigenvalue weighted by atomic mass is 9.64. The maximum Gasteiger partial charge on any atom is 0.248 e. The molecule has 8 heteroatoms. The fourth-order valence-electron chi connectivity index (χ4n) is 5.96. The minimum atomic E-state index is -0.806. The number of ether oxygens (including phenoxy) is 1. The van der Waals surface area contributed by atoms with Gasteiger partial charge in [0.15, 0.2) is 0 Å². The minimum Gasteiger partial charge on any atom is -0.387 e. The van der Waals surface area contributed by atoms with Crippen molar-refractivity contribution in [2.45, 2.75) is 32.8 Å². The summed E-state index contributed by atoms with van der Waals surface area (Å²) in [5, 5.41) is 26.6. The van der Waals surface area contributed by atoms with Crippen LogP contribution in [0.2, 0.25) is 0 Å². The van der Waals surface area contributed by atoms with Crippen LogP contribution in [0.15, 0.2) is 29.8 Å². The molecule has 3 fully saturated rings. The number of nitrogens with one attached hydrogen (secondary N) is 2. The van der Waals surface area contributed by atoms with Crippen molar-refractivity contribution < 1.29 is 23.4 Å². The number of rotatable bonds is 4. The van der Waals surface area contributed by atoms with Crippen LogP contribution in [0.5, 0.6) is 0 Å². The van der Waals surface area contributed by atoms with Crippen LogP contribution in [0.1, 0.15) is 32.3 Å². The van der Waals surface area contributed by atoms with E-state index < -0.39 is 35.3 Å². The molecule has 6 nitrogen and oxygen atoms in total. The number of carbonyl (C=O) groups excluding carboxylic acids is 1. The first-order chi connectivity index (χ1) is 14.6. The molecule has 31 heavy (non-hydrogen) atoms. The smallest absolute Gasteiger partial charge is 0.248 e. The second kappa shape index (κ2) is 7.60. The summed E-state index contributed by atoms with van der Waals surface area (Å²) in [7, 11) is 0. The normalized spacial score (nSPS) is 30.8. The molecule has 2 bridgehead atoms. The fraction of sp³-hybridized carbons (Fsp3) is 0.522. The number of carbonyl (C=O) groups is 1. The summed E-state index contributed by atoms with van der Waals surface area (Å²) in [6.45, 7) is 4.54. The van der Waals surface area contributed by atoms with Gasteiger partial charge in [-0.05, 0) is 48.0 Å². The van der Waals surface area contributed by atoms with Crippen molar-refractivity contribution in [3.8, 4) is 0 Å². The van der Waals surface area contributed by atoms with Crippen molar-refractivity contribution in [1.29, 1.82) is 10.8 Å². The monoisotopic (exact) mass is 431 g/mol. The molecule has 2 aliphatic carbocycles. The van der Waals surface area contributed by atoms with E-state index >= 15 is 0 Å². The maximum absolute atomic E-state index is 14.2. The summed E-state index contributed by atoms with van der Waals surface area (Å²) in [5.41, 5.74) is -0.829. The number of amides is 1. The number of halogens is 2. The number of hydrogen-bond donors (Lipinski definition) is 3. The van der Waals surface area contributed by atoms with Gasteiger partial charge < -0.3 is 25.6 Å². The number of allylic oxidation sites excluding steroid dienone is 2. The van der Waals surface area contributed by atoms with Gasteiger partial charge >= 0.3 is 0 Å². The Kier molecular flexibility index (Phi) is 5.34. The summed E-state index contributed by atoms with van der Waals surface area (Å²) in [6, 6.07) is 3.49. The van der Waals surface area contributed by atoms with Crippen LogP contribution in [0.4, 0.5) is 8.78 Å². The van der Waals surface area contributed by atoms with E-state index in [1.54, 1.807) is 4.90 Å². The molecular formula is C23H27F2N3O3. The zero-order chi connectivity index (χ0) is 22.6. The van der Waals surface area contributed by atoms with Gasteiger partial charge in [-0.1, -0.05) is 19.9 Å². The minimum absolute atomic E-state index is 0.0531. The number of fused-ring (bicyclic) bond motifs is 2. The van der Waals surface area contributed by atoms with E-state index in [9.17, 15) is 18.7 Å². The number of aliphatic hydroxyl groups is 1. The number of morpholine rings is 1. The third-order valence-corrected chi connectivity index (χ3v) is 7.59. The molecule has 0 aromatic heterocycles. The van der Waals surface area contributed by atoms with Gasteiger partial charge in [0, 0.05) is 24.2 Å². The van der Waals surface area contributed by atoms with Crippen LogP contribution < -0.4 is 0 Å². The van der Waals surface area contributed by atoms with Crippen LogP contribution in [0.25, 0.3) is 0 Å². The highest BCUT2D eigenvalue weighted by molar-refractivity contribution is 6.15. The van der Waals surface area contributed by atoms with Crippen LogP contribution in [0.3, 0.4) is 0 Å². The van der Waals surface area contributed by atoms with Gasteiger partial charge in [-0.25, -0.2) is 8.78 Å². The Morgan fingerprint density at radius 2 is 2.03 bits per heavy atom. The van der Waals surface area contributed by atoms with Crippen molar-refractivity contribution in [2.75, 3.05) is 26.3 Å². The van der Waals surface area contributed by atoms with Gasteiger partial charge in [0.2, 0.25) is 5.91 Å². The van der Waals surface area contributed by atoms with Crippen molar-refractivity contribution in [1.82, 2.24) is 4.90 Å². The van der Waals surface area contributed by atoms with E-state index in [0.717, 1.165) is 18.6 Å². The van der Waals surface area contributed by atoms with Crippen molar-refractivity contribution in [3.63, 3.8) is 0 Å². The number of aliphatic hydroxyl groups excluding tert-OH is 1. The Morgan fingerprint density at radius 1 is 1.35 bits per heavy atom. The van der Waals surface area contributed by atoms with Crippen LogP contribution in [-0.2, 0) is 9.53 Å². The summed E-state index contributed by atoms with van der Waals surface area (Å²) >= 11 is 0. The molecule has 0 spiro atoms. The maximum atomic E-state index is 14.2. The van der Waals surface area contributed by atoms with Gasteiger partial charge in [0.25, 0.3) is 0 Å². The molecule has 166 valence electrons. The lowest BCUT2D eigenvalue weighted by Gasteiger charge is -2.47. The standard InChI is InChI=1S/C23H27F2N3O3/c1-22(2)14-6-7-23(22,18-11-28(8-9-31-18)19(30)12-29)21(27)13(14)10-17(26)20-15(24)4-3-5-16(20)25/h3-5,10,14,18,26-27,29H,6-9,11-12H2,1-2H3/b13-10-,26-17?,27-21?/t14-,18-,23?/m0/s1. The highest BCUT2D eigenvalue weighted by Gasteiger charge is 2.68. The van der Waals surface area contributed by atoms with Crippen molar-refractivity contribution in [3.05, 3.63) is 47.0 Å². The molecule has 1 saturated heterocycles. The summed E-state index contributed by atoms with van der Waals surface area (Å²) in [6.07, 6.45) is 2.47. The highest BCUT2D eigenvalue weighted by atomic mass is 19.1. The van der Waals surface area contributed by atoms with Gasteiger partial charge in [-0.2, -0.15) is 0 Å². The third-order valence-electron chi connectivity index (χ3n) is 7.59. The summed E-state index contributed by atoms with van der Waals surface area (Å²) in [5.74, 6) is -2.03. The molecule has 1 aromatic carbocycles. The molecule has 1 heterocycles. The van der Waals surface area contributed by atoms with Crippen LogP contribution >= 0.6 is 0 Å². The highest BCUT2D eigenvalue weighted by Crippen LogP contribution is 2.68. The second-order valence-corrected chi connectivity index (χ2v) is 9.13. The zero-order valence-electron chi connectivity index (χ0n) is 17.7. The van der Waals surface area contributed by atoms with Gasteiger partial charge in [-0.15, -0.1) is 0 Å². The Bertz CT molecular complexity index is 970. The first-order valence-electron chi connectivity index (χ1n) is 10.5. The molecule has 1 aromatic rings. The number of nitrogens with zero attached hydrogens (tertiary/aromatic N) is 1. The first kappa shape index (κ1) is 21.8. The van der Waals surface area contributed by atoms with Crippen molar-refractivity contribution in [2.24, 2.45) is 16.7 Å².